The molecule has 23 heavy (non-hydrogen) atoms. The fourth-order valence-corrected chi connectivity index (χ4v) is 3.61. The van der Waals surface area contributed by atoms with Crippen LogP contribution < -0.4 is 0 Å². The lowest BCUT2D eigenvalue weighted by Crippen LogP contribution is -2.47. The maximum Gasteiger partial charge on any atom is 0.253 e. The summed E-state index contributed by atoms with van der Waals surface area (Å²) in [7, 11) is 0. The number of aryl methyl sites for hydroxylation is 2. The third-order valence-electron chi connectivity index (χ3n) is 5.18. The second-order valence-electron chi connectivity index (χ2n) is 6.54. The summed E-state index contributed by atoms with van der Waals surface area (Å²) in [4.78, 5) is 18.1. The lowest BCUT2D eigenvalue weighted by Gasteiger charge is -2.37. The molecule has 0 unspecified atom stereocenters. The number of nitrogens with one attached hydrogen (secondary N) is 1. The molecule has 5 nitrogen and oxygen atoms in total. The molecular formula is C18H22N2O3. The molecule has 0 saturated carbocycles. The first-order chi connectivity index (χ1) is 11.1. The van der Waals surface area contributed by atoms with Crippen LogP contribution in [0.2, 0.25) is 0 Å². The van der Waals surface area contributed by atoms with Crippen molar-refractivity contribution in [2.24, 2.45) is 0 Å². The van der Waals surface area contributed by atoms with E-state index in [1.54, 1.807) is 0 Å². The Hall–Kier alpha value is -1.85. The maximum absolute atomic E-state index is 12.8. The molecule has 3 heterocycles. The van der Waals surface area contributed by atoms with Crippen molar-refractivity contribution in [2.45, 2.75) is 32.5 Å². The molecule has 5 heteroatoms. The molecule has 1 aromatic carbocycles. The van der Waals surface area contributed by atoms with E-state index in [-0.39, 0.29) is 5.91 Å². The number of hydrogen-bond donors (Lipinski definition) is 1. The Morgan fingerprint density at radius 2 is 1.87 bits per heavy atom. The molecule has 2 aliphatic rings. The summed E-state index contributed by atoms with van der Waals surface area (Å²) in [6.07, 6.45) is 1.51. The van der Waals surface area contributed by atoms with E-state index in [0.717, 1.165) is 35.0 Å². The monoisotopic (exact) mass is 314 g/mol. The minimum Gasteiger partial charge on any atom is -0.358 e. The number of piperidine rings is 1. The van der Waals surface area contributed by atoms with Gasteiger partial charge in [-0.3, -0.25) is 4.79 Å². The number of benzene rings is 1. The van der Waals surface area contributed by atoms with Crippen molar-refractivity contribution in [3.63, 3.8) is 0 Å². The number of ether oxygens (including phenoxy) is 2. The van der Waals surface area contributed by atoms with Gasteiger partial charge in [0, 0.05) is 48.1 Å². The lowest BCUT2D eigenvalue weighted by atomic mass is 10.0. The normalized spacial score (nSPS) is 20.5. The Morgan fingerprint density at radius 3 is 2.57 bits per heavy atom. The SMILES string of the molecule is Cc1[nH]c2ccc(C(=O)N3CCC4(CC3)OCCO4)cc2c1C. The standard InChI is InChI=1S/C18H22N2O3/c1-12-13(2)19-16-4-3-14(11-15(12)16)17(21)20-7-5-18(6-8-20)22-9-10-23-18/h3-4,11,19H,5-10H2,1-2H3. The second kappa shape index (κ2) is 5.35. The van der Waals surface area contributed by atoms with Gasteiger partial charge in [0.2, 0.25) is 0 Å². The summed E-state index contributed by atoms with van der Waals surface area (Å²) in [5, 5.41) is 1.13. The largest absolute Gasteiger partial charge is 0.358 e. The van der Waals surface area contributed by atoms with Crippen LogP contribution in [-0.4, -0.2) is 47.9 Å². The summed E-state index contributed by atoms with van der Waals surface area (Å²) >= 11 is 0. The number of H-pyrrole nitrogens is 1. The molecule has 2 aliphatic heterocycles. The van der Waals surface area contributed by atoms with Gasteiger partial charge in [-0.2, -0.15) is 0 Å². The summed E-state index contributed by atoms with van der Waals surface area (Å²) in [5.41, 5.74) is 4.20. The fourth-order valence-electron chi connectivity index (χ4n) is 3.61. The minimum absolute atomic E-state index is 0.0954. The number of hydrogen-bond acceptors (Lipinski definition) is 3. The molecule has 1 amide bonds. The summed E-state index contributed by atoms with van der Waals surface area (Å²) in [6, 6.07) is 5.91. The van der Waals surface area contributed by atoms with Gasteiger partial charge in [-0.15, -0.1) is 0 Å². The van der Waals surface area contributed by atoms with Crippen molar-refractivity contribution in [1.82, 2.24) is 9.88 Å². The van der Waals surface area contributed by atoms with Crippen molar-refractivity contribution in [3.05, 3.63) is 35.0 Å². The molecule has 1 aromatic heterocycles. The smallest absolute Gasteiger partial charge is 0.253 e. The van der Waals surface area contributed by atoms with Gasteiger partial charge in [0.25, 0.3) is 5.91 Å². The number of aromatic amines is 1. The van der Waals surface area contributed by atoms with Crippen LogP contribution in [0.1, 0.15) is 34.5 Å². The van der Waals surface area contributed by atoms with Gasteiger partial charge in [0.15, 0.2) is 5.79 Å². The predicted molar refractivity (Wildman–Crippen MR) is 87.5 cm³/mol. The van der Waals surface area contributed by atoms with Crippen LogP contribution in [0, 0.1) is 13.8 Å². The molecule has 0 radical (unpaired) electrons. The van der Waals surface area contributed by atoms with Crippen LogP contribution in [0.4, 0.5) is 0 Å². The van der Waals surface area contributed by atoms with E-state index in [1.165, 1.54) is 5.56 Å². The van der Waals surface area contributed by atoms with Crippen molar-refractivity contribution in [1.29, 1.82) is 0 Å². The van der Waals surface area contributed by atoms with Crippen molar-refractivity contribution in [2.75, 3.05) is 26.3 Å². The highest BCUT2D eigenvalue weighted by Crippen LogP contribution is 2.32. The molecule has 122 valence electrons. The van der Waals surface area contributed by atoms with Gasteiger partial charge in [-0.25, -0.2) is 0 Å². The van der Waals surface area contributed by atoms with Gasteiger partial charge < -0.3 is 19.4 Å². The van der Waals surface area contributed by atoms with E-state index >= 15 is 0 Å². The third kappa shape index (κ3) is 2.44. The Morgan fingerprint density at radius 1 is 1.17 bits per heavy atom. The number of amides is 1. The third-order valence-corrected chi connectivity index (χ3v) is 5.18. The van der Waals surface area contributed by atoms with Crippen LogP contribution in [-0.2, 0) is 9.47 Å². The number of aromatic nitrogens is 1. The van der Waals surface area contributed by atoms with E-state index in [0.29, 0.717) is 26.3 Å². The lowest BCUT2D eigenvalue weighted by molar-refractivity contribution is -0.181. The van der Waals surface area contributed by atoms with Gasteiger partial charge >= 0.3 is 0 Å². The molecule has 1 spiro atoms. The topological polar surface area (TPSA) is 54.6 Å². The van der Waals surface area contributed by atoms with Crippen LogP contribution in [0.25, 0.3) is 10.9 Å². The zero-order chi connectivity index (χ0) is 16.0. The summed E-state index contributed by atoms with van der Waals surface area (Å²) in [6.45, 7) is 6.84. The van der Waals surface area contributed by atoms with E-state index < -0.39 is 5.79 Å². The average molecular weight is 314 g/mol. The molecule has 0 aliphatic carbocycles. The van der Waals surface area contributed by atoms with Crippen LogP contribution in [0.15, 0.2) is 18.2 Å². The Bertz CT molecular complexity index is 749. The minimum atomic E-state index is -0.435. The van der Waals surface area contributed by atoms with Gasteiger partial charge in [-0.05, 0) is 37.6 Å². The second-order valence-corrected chi connectivity index (χ2v) is 6.54. The number of likely N-dealkylation sites (tertiary alicyclic amines) is 1. The molecule has 2 saturated heterocycles. The average Bonchev–Trinajstić information content (AvgIpc) is 3.13. The molecule has 0 bridgehead atoms. The van der Waals surface area contributed by atoms with Gasteiger partial charge in [-0.1, -0.05) is 0 Å². The van der Waals surface area contributed by atoms with E-state index in [4.69, 9.17) is 9.47 Å². The van der Waals surface area contributed by atoms with E-state index in [1.807, 2.05) is 23.1 Å². The Labute approximate surface area is 135 Å². The quantitative estimate of drug-likeness (QED) is 0.880. The van der Waals surface area contributed by atoms with Crippen LogP contribution >= 0.6 is 0 Å². The number of carbonyl (C=O) groups excluding carboxylic acids is 1. The zero-order valence-electron chi connectivity index (χ0n) is 13.6. The number of fused-ring (bicyclic) bond motifs is 1. The van der Waals surface area contributed by atoms with Crippen molar-refractivity contribution < 1.29 is 14.3 Å². The first kappa shape index (κ1) is 14.7. The van der Waals surface area contributed by atoms with Crippen LogP contribution in [0.3, 0.4) is 0 Å². The summed E-state index contributed by atoms with van der Waals surface area (Å²) in [5.74, 6) is -0.340. The maximum atomic E-state index is 12.8. The van der Waals surface area contributed by atoms with Crippen molar-refractivity contribution in [3.8, 4) is 0 Å². The van der Waals surface area contributed by atoms with Crippen LogP contribution in [0.5, 0.6) is 0 Å². The van der Waals surface area contributed by atoms with Gasteiger partial charge in [0.1, 0.15) is 0 Å². The zero-order valence-corrected chi connectivity index (χ0v) is 13.6. The first-order valence-electron chi connectivity index (χ1n) is 8.24. The molecule has 4 rings (SSSR count). The first-order valence-corrected chi connectivity index (χ1v) is 8.24. The number of carbonyl (C=O) groups is 1. The summed E-state index contributed by atoms with van der Waals surface area (Å²) < 4.78 is 11.5. The predicted octanol–water partition coefficient (Wildman–Crippen LogP) is 2.76. The van der Waals surface area contributed by atoms with Crippen molar-refractivity contribution >= 4 is 16.8 Å². The molecule has 2 fully saturated rings. The molecular weight excluding hydrogens is 292 g/mol. The highest BCUT2D eigenvalue weighted by atomic mass is 16.7. The van der Waals surface area contributed by atoms with E-state index in [2.05, 4.69) is 18.8 Å². The number of nitrogens with zero attached hydrogens (tertiary/aromatic N) is 1. The fraction of sp³-hybridized carbons (Fsp3) is 0.500. The molecule has 1 N–H and O–H groups in total. The highest BCUT2D eigenvalue weighted by molar-refractivity contribution is 5.99. The molecule has 2 aromatic rings. The molecule has 0 atom stereocenters. The number of rotatable bonds is 1. The van der Waals surface area contributed by atoms with Gasteiger partial charge in [0.05, 0.1) is 13.2 Å². The van der Waals surface area contributed by atoms with E-state index in [9.17, 15) is 4.79 Å². The Balaban J connectivity index is 1.54. The Kier molecular flexibility index (Phi) is 3.43. The highest BCUT2D eigenvalue weighted by Gasteiger charge is 2.40.